The first-order valence-corrected chi connectivity index (χ1v) is 6.03. The minimum Gasteiger partial charge on any atom is -0.379 e. The first-order valence-electron chi connectivity index (χ1n) is 6.03. The van der Waals surface area contributed by atoms with Gasteiger partial charge in [0.2, 0.25) is 5.96 Å². The molecule has 0 amide bonds. The summed E-state index contributed by atoms with van der Waals surface area (Å²) in [5.74, 6) is 6.55. The van der Waals surface area contributed by atoms with Crippen LogP contribution in [0.25, 0.3) is 0 Å². The van der Waals surface area contributed by atoms with Crippen LogP contribution in [-0.2, 0) is 4.74 Å². The smallest absolute Gasteiger partial charge is 0.205 e. The van der Waals surface area contributed by atoms with Crippen molar-refractivity contribution in [2.24, 2.45) is 16.8 Å². The van der Waals surface area contributed by atoms with Gasteiger partial charge in [-0.15, -0.1) is 0 Å². The highest BCUT2D eigenvalue weighted by Crippen LogP contribution is 1.91. The van der Waals surface area contributed by atoms with Crippen LogP contribution in [0.3, 0.4) is 0 Å². The summed E-state index contributed by atoms with van der Waals surface area (Å²) in [4.78, 5) is 4.28. The number of nitrogens with one attached hydrogen (secondary N) is 2. The number of ether oxygens (including phenoxy) is 1. The van der Waals surface area contributed by atoms with E-state index in [1.165, 1.54) is 0 Å². The zero-order chi connectivity index (χ0) is 12.2. The summed E-state index contributed by atoms with van der Waals surface area (Å²) < 4.78 is 5.43. The molecule has 0 radical (unpaired) electrons. The molecule has 4 N–H and O–H groups in total. The molecule has 0 unspecified atom stereocenters. The number of guanidine groups is 1. The van der Waals surface area contributed by atoms with E-state index in [2.05, 4.69) is 36.5 Å². The van der Waals surface area contributed by atoms with E-state index in [9.17, 15) is 0 Å². The molecule has 0 bridgehead atoms. The fraction of sp³-hybridized carbons (Fsp3) is 0.909. The van der Waals surface area contributed by atoms with Gasteiger partial charge in [0.1, 0.15) is 0 Å². The highest BCUT2D eigenvalue weighted by atomic mass is 16.5. The van der Waals surface area contributed by atoms with Gasteiger partial charge in [0, 0.05) is 19.7 Å². The fourth-order valence-electron chi connectivity index (χ4n) is 1.06. The Kier molecular flexibility index (Phi) is 10.2. The van der Waals surface area contributed by atoms with Crippen LogP contribution in [0.5, 0.6) is 0 Å². The van der Waals surface area contributed by atoms with Gasteiger partial charge < -0.3 is 10.1 Å². The van der Waals surface area contributed by atoms with Crippen LogP contribution in [-0.4, -0.2) is 32.3 Å². The normalized spacial score (nSPS) is 11.9. The molecule has 0 aliphatic heterocycles. The number of nitrogens with zero attached hydrogens (tertiary/aromatic N) is 1. The maximum absolute atomic E-state index is 5.43. The van der Waals surface area contributed by atoms with Gasteiger partial charge in [0.25, 0.3) is 0 Å². The van der Waals surface area contributed by atoms with Gasteiger partial charge in [-0.2, -0.15) is 0 Å². The van der Waals surface area contributed by atoms with Gasteiger partial charge in [0.05, 0.1) is 6.61 Å². The predicted octanol–water partition coefficient (Wildman–Crippen LogP) is 0.868. The lowest BCUT2D eigenvalue weighted by Gasteiger charge is -2.10. The van der Waals surface area contributed by atoms with Gasteiger partial charge in [0.15, 0.2) is 0 Å². The SMILES string of the molecule is CCCCN=C(NN)NCCOCC(C)C. The Morgan fingerprint density at radius 3 is 2.75 bits per heavy atom. The Balaban J connectivity index is 3.51. The molecule has 0 fully saturated rings. The molecule has 96 valence electrons. The molecule has 0 aliphatic carbocycles. The van der Waals surface area contributed by atoms with Crippen LogP contribution in [0.1, 0.15) is 33.6 Å². The summed E-state index contributed by atoms with van der Waals surface area (Å²) in [5, 5.41) is 3.09. The van der Waals surface area contributed by atoms with E-state index < -0.39 is 0 Å². The van der Waals surface area contributed by atoms with Crippen molar-refractivity contribution in [2.75, 3.05) is 26.3 Å². The number of nitrogens with two attached hydrogens (primary N) is 1. The average molecular weight is 230 g/mol. The number of aliphatic imine (C=N–C) groups is 1. The summed E-state index contributed by atoms with van der Waals surface area (Å²) in [6.45, 7) is 9.39. The molecule has 5 nitrogen and oxygen atoms in total. The third-order valence-corrected chi connectivity index (χ3v) is 1.91. The molecular formula is C11H26N4O. The van der Waals surface area contributed by atoms with Crippen molar-refractivity contribution < 1.29 is 4.74 Å². The zero-order valence-corrected chi connectivity index (χ0v) is 10.8. The number of unbranched alkanes of at least 4 members (excludes halogenated alkanes) is 1. The molecule has 0 saturated carbocycles. The largest absolute Gasteiger partial charge is 0.379 e. The molecule has 0 aliphatic rings. The first-order chi connectivity index (χ1) is 7.70. The monoisotopic (exact) mass is 230 g/mol. The maximum atomic E-state index is 5.43. The van der Waals surface area contributed by atoms with Crippen molar-refractivity contribution in [3.63, 3.8) is 0 Å². The van der Waals surface area contributed by atoms with E-state index in [1.54, 1.807) is 0 Å². The van der Waals surface area contributed by atoms with Crippen molar-refractivity contribution >= 4 is 5.96 Å². The van der Waals surface area contributed by atoms with Crippen LogP contribution >= 0.6 is 0 Å². The van der Waals surface area contributed by atoms with Crippen molar-refractivity contribution in [1.82, 2.24) is 10.7 Å². The Bertz CT molecular complexity index is 183. The molecule has 0 atom stereocenters. The second-order valence-corrected chi connectivity index (χ2v) is 4.12. The van der Waals surface area contributed by atoms with Crippen LogP contribution in [0.2, 0.25) is 0 Å². The Hall–Kier alpha value is -0.810. The molecule has 0 aromatic carbocycles. The van der Waals surface area contributed by atoms with Crippen molar-refractivity contribution in [3.05, 3.63) is 0 Å². The molecule has 0 spiro atoms. The quantitative estimate of drug-likeness (QED) is 0.190. The van der Waals surface area contributed by atoms with E-state index in [0.29, 0.717) is 18.5 Å². The van der Waals surface area contributed by atoms with E-state index in [4.69, 9.17) is 10.6 Å². The van der Waals surface area contributed by atoms with Gasteiger partial charge in [-0.3, -0.25) is 10.4 Å². The van der Waals surface area contributed by atoms with Gasteiger partial charge in [-0.25, -0.2) is 5.84 Å². The molecule has 0 aromatic heterocycles. The lowest BCUT2D eigenvalue weighted by molar-refractivity contribution is 0.114. The van der Waals surface area contributed by atoms with Crippen LogP contribution in [0.15, 0.2) is 4.99 Å². The van der Waals surface area contributed by atoms with Crippen molar-refractivity contribution in [3.8, 4) is 0 Å². The van der Waals surface area contributed by atoms with Gasteiger partial charge in [-0.1, -0.05) is 27.2 Å². The summed E-state index contributed by atoms with van der Waals surface area (Å²) >= 11 is 0. The second kappa shape index (κ2) is 10.7. The van der Waals surface area contributed by atoms with Crippen LogP contribution in [0.4, 0.5) is 0 Å². The van der Waals surface area contributed by atoms with Crippen LogP contribution < -0.4 is 16.6 Å². The molecule has 5 heteroatoms. The summed E-state index contributed by atoms with van der Waals surface area (Å²) in [6, 6.07) is 0. The first kappa shape index (κ1) is 15.2. The highest BCUT2D eigenvalue weighted by Gasteiger charge is 1.96. The molecule has 0 heterocycles. The Morgan fingerprint density at radius 1 is 1.44 bits per heavy atom. The number of rotatable bonds is 8. The van der Waals surface area contributed by atoms with E-state index in [0.717, 1.165) is 32.5 Å². The van der Waals surface area contributed by atoms with Gasteiger partial charge >= 0.3 is 0 Å². The number of hydrazine groups is 1. The van der Waals surface area contributed by atoms with Crippen molar-refractivity contribution in [1.29, 1.82) is 0 Å². The minimum absolute atomic E-state index is 0.574. The summed E-state index contributed by atoms with van der Waals surface area (Å²) in [6.07, 6.45) is 2.22. The minimum atomic E-state index is 0.574. The Morgan fingerprint density at radius 2 is 2.19 bits per heavy atom. The molecular weight excluding hydrogens is 204 g/mol. The maximum Gasteiger partial charge on any atom is 0.205 e. The molecule has 16 heavy (non-hydrogen) atoms. The molecule has 0 rings (SSSR count). The second-order valence-electron chi connectivity index (χ2n) is 4.12. The van der Waals surface area contributed by atoms with E-state index >= 15 is 0 Å². The zero-order valence-electron chi connectivity index (χ0n) is 10.8. The van der Waals surface area contributed by atoms with Gasteiger partial charge in [-0.05, 0) is 12.3 Å². The third-order valence-electron chi connectivity index (χ3n) is 1.91. The Labute approximate surface area is 98.8 Å². The number of hydrogen-bond donors (Lipinski definition) is 3. The van der Waals surface area contributed by atoms with Crippen LogP contribution in [0, 0.1) is 5.92 Å². The average Bonchev–Trinajstić information content (AvgIpc) is 2.26. The predicted molar refractivity (Wildman–Crippen MR) is 68.2 cm³/mol. The third kappa shape index (κ3) is 9.73. The lowest BCUT2D eigenvalue weighted by Crippen LogP contribution is -2.43. The summed E-state index contributed by atoms with van der Waals surface area (Å²) in [7, 11) is 0. The van der Waals surface area contributed by atoms with E-state index in [-0.39, 0.29) is 0 Å². The topological polar surface area (TPSA) is 71.7 Å². The van der Waals surface area contributed by atoms with E-state index in [1.807, 2.05) is 0 Å². The number of hydrogen-bond acceptors (Lipinski definition) is 3. The van der Waals surface area contributed by atoms with Crippen molar-refractivity contribution in [2.45, 2.75) is 33.6 Å². The standard InChI is InChI=1S/C11H26N4O/c1-4-5-6-13-11(15-12)14-7-8-16-9-10(2)3/h10H,4-9,12H2,1-3H3,(H2,13,14,15). The molecule has 0 aromatic rings. The highest BCUT2D eigenvalue weighted by molar-refractivity contribution is 5.79. The lowest BCUT2D eigenvalue weighted by atomic mass is 10.2. The fourth-order valence-corrected chi connectivity index (χ4v) is 1.06. The molecule has 0 saturated heterocycles. The summed E-state index contributed by atoms with van der Waals surface area (Å²) in [5.41, 5.74) is 2.54.